The Hall–Kier alpha value is -1.60. The van der Waals surface area contributed by atoms with E-state index in [0.29, 0.717) is 12.2 Å². The van der Waals surface area contributed by atoms with Crippen molar-refractivity contribution in [2.45, 2.75) is 11.8 Å². The number of rotatable bonds is 4. The number of carbonyl (C=O) groups excluding carboxylic acids is 1. The van der Waals surface area contributed by atoms with E-state index in [2.05, 4.69) is 4.72 Å². The molecule has 1 amide bonds. The van der Waals surface area contributed by atoms with Gasteiger partial charge in [-0.05, 0) is 32.2 Å². The fourth-order valence-corrected chi connectivity index (χ4v) is 2.35. The summed E-state index contributed by atoms with van der Waals surface area (Å²) in [5, 5.41) is 0. The summed E-state index contributed by atoms with van der Waals surface area (Å²) in [7, 11) is -0.822. The van der Waals surface area contributed by atoms with Crippen molar-refractivity contribution in [3.8, 4) is 0 Å². The molecule has 100 valence electrons. The Morgan fingerprint density at radius 2 is 2.06 bits per heavy atom. The van der Waals surface area contributed by atoms with E-state index in [-0.39, 0.29) is 16.4 Å². The summed E-state index contributed by atoms with van der Waals surface area (Å²) < 4.78 is 25.9. The Labute approximate surface area is 107 Å². The van der Waals surface area contributed by atoms with E-state index >= 15 is 0 Å². The van der Waals surface area contributed by atoms with Crippen LogP contribution in [0.5, 0.6) is 0 Å². The largest absolute Gasteiger partial charge is 0.399 e. The van der Waals surface area contributed by atoms with Gasteiger partial charge in [0.2, 0.25) is 10.0 Å². The van der Waals surface area contributed by atoms with Crippen molar-refractivity contribution in [3.63, 3.8) is 0 Å². The fourth-order valence-electron chi connectivity index (χ4n) is 1.40. The molecule has 0 saturated carbocycles. The fraction of sp³-hybridized carbons (Fsp3) is 0.364. The minimum atomic E-state index is -3.72. The minimum absolute atomic E-state index is 0.102. The molecule has 0 aliphatic carbocycles. The highest BCUT2D eigenvalue weighted by Gasteiger charge is 2.23. The van der Waals surface area contributed by atoms with Crippen LogP contribution in [-0.2, 0) is 10.0 Å². The third-order valence-electron chi connectivity index (χ3n) is 2.62. The molecule has 6 nitrogen and oxygen atoms in total. The molecule has 0 bridgehead atoms. The van der Waals surface area contributed by atoms with Crippen LogP contribution in [0.3, 0.4) is 0 Å². The van der Waals surface area contributed by atoms with Gasteiger partial charge in [-0.15, -0.1) is 0 Å². The van der Waals surface area contributed by atoms with Crippen molar-refractivity contribution in [2.75, 3.05) is 26.4 Å². The van der Waals surface area contributed by atoms with Crippen LogP contribution < -0.4 is 10.5 Å². The molecule has 7 heteroatoms. The van der Waals surface area contributed by atoms with Crippen LogP contribution in [0.2, 0.25) is 0 Å². The molecule has 0 aromatic heterocycles. The Morgan fingerprint density at radius 3 is 2.56 bits per heavy atom. The zero-order valence-electron chi connectivity index (χ0n) is 10.6. The van der Waals surface area contributed by atoms with Crippen LogP contribution in [0, 0.1) is 0 Å². The van der Waals surface area contributed by atoms with Crippen molar-refractivity contribution in [2.24, 2.45) is 0 Å². The molecular weight excluding hydrogens is 254 g/mol. The molecule has 0 fully saturated rings. The monoisotopic (exact) mass is 271 g/mol. The van der Waals surface area contributed by atoms with E-state index in [9.17, 15) is 13.2 Å². The lowest BCUT2D eigenvalue weighted by Crippen LogP contribution is -2.29. The molecule has 1 rings (SSSR count). The van der Waals surface area contributed by atoms with Gasteiger partial charge < -0.3 is 10.6 Å². The maximum Gasteiger partial charge on any atom is 0.254 e. The number of hydrogen-bond donors (Lipinski definition) is 2. The van der Waals surface area contributed by atoms with Crippen molar-refractivity contribution < 1.29 is 13.2 Å². The van der Waals surface area contributed by atoms with Gasteiger partial charge >= 0.3 is 0 Å². The zero-order chi connectivity index (χ0) is 13.9. The van der Waals surface area contributed by atoms with Crippen molar-refractivity contribution in [1.82, 2.24) is 9.62 Å². The number of nitrogen functional groups attached to an aromatic ring is 1. The van der Waals surface area contributed by atoms with Crippen molar-refractivity contribution >= 4 is 21.6 Å². The number of nitrogens with one attached hydrogen (secondary N) is 1. The molecule has 1 aromatic carbocycles. The van der Waals surface area contributed by atoms with Crippen LogP contribution in [-0.4, -0.2) is 39.9 Å². The summed E-state index contributed by atoms with van der Waals surface area (Å²) in [6.07, 6.45) is 0. The van der Waals surface area contributed by atoms with Gasteiger partial charge in [0.15, 0.2) is 0 Å². The number of nitrogens with zero attached hydrogens (tertiary/aromatic N) is 1. The molecule has 0 heterocycles. The molecule has 0 aliphatic rings. The van der Waals surface area contributed by atoms with E-state index in [4.69, 9.17) is 5.73 Å². The molecule has 0 unspecified atom stereocenters. The number of sulfonamides is 1. The Bertz CT molecular complexity index is 555. The maximum atomic E-state index is 12.1. The quantitative estimate of drug-likeness (QED) is 0.769. The molecule has 1 aromatic rings. The molecule has 0 radical (unpaired) electrons. The predicted molar refractivity (Wildman–Crippen MR) is 69.7 cm³/mol. The normalized spacial score (nSPS) is 11.3. The predicted octanol–water partition coefficient (Wildman–Crippen LogP) is 0.269. The number of anilines is 1. The van der Waals surface area contributed by atoms with Gasteiger partial charge in [-0.2, -0.15) is 0 Å². The molecule has 0 spiro atoms. The van der Waals surface area contributed by atoms with E-state index in [1.54, 1.807) is 14.0 Å². The average Bonchev–Trinajstić information content (AvgIpc) is 2.36. The second kappa shape index (κ2) is 5.36. The zero-order valence-corrected chi connectivity index (χ0v) is 11.4. The van der Waals surface area contributed by atoms with Crippen molar-refractivity contribution in [3.05, 3.63) is 23.8 Å². The van der Waals surface area contributed by atoms with Gasteiger partial charge in [0, 0.05) is 19.3 Å². The van der Waals surface area contributed by atoms with Crippen LogP contribution >= 0.6 is 0 Å². The van der Waals surface area contributed by atoms with E-state index in [1.807, 2.05) is 0 Å². The molecule has 0 aliphatic heterocycles. The molecule has 0 atom stereocenters. The molecule has 0 saturated heterocycles. The molecular formula is C11H17N3O3S. The standard InChI is InChI=1S/C11H17N3O3S/c1-4-14(3)11(15)9-6-5-8(12)7-10(9)18(16,17)13-2/h5-7,13H,4,12H2,1-3H3. The summed E-state index contributed by atoms with van der Waals surface area (Å²) in [5.41, 5.74) is 5.98. The second-order valence-electron chi connectivity index (χ2n) is 3.78. The number of amides is 1. The lowest BCUT2D eigenvalue weighted by Gasteiger charge is -2.17. The third-order valence-corrected chi connectivity index (χ3v) is 4.07. The summed E-state index contributed by atoms with van der Waals surface area (Å²) >= 11 is 0. The van der Waals surface area contributed by atoms with Gasteiger partial charge in [-0.25, -0.2) is 13.1 Å². The van der Waals surface area contributed by atoms with Crippen LogP contribution in [0.25, 0.3) is 0 Å². The highest BCUT2D eigenvalue weighted by Crippen LogP contribution is 2.20. The number of hydrogen-bond acceptors (Lipinski definition) is 4. The first-order chi connectivity index (χ1) is 8.33. The molecule has 3 N–H and O–H groups in total. The number of benzene rings is 1. The van der Waals surface area contributed by atoms with Crippen molar-refractivity contribution in [1.29, 1.82) is 0 Å². The van der Waals surface area contributed by atoms with Crippen LogP contribution in [0.1, 0.15) is 17.3 Å². The highest BCUT2D eigenvalue weighted by molar-refractivity contribution is 7.89. The maximum absolute atomic E-state index is 12.1. The first kappa shape index (κ1) is 14.5. The molecule has 18 heavy (non-hydrogen) atoms. The number of nitrogens with two attached hydrogens (primary N) is 1. The Kier molecular flexibility index (Phi) is 4.31. The first-order valence-electron chi connectivity index (χ1n) is 5.42. The topological polar surface area (TPSA) is 92.5 Å². The van der Waals surface area contributed by atoms with Gasteiger partial charge in [-0.1, -0.05) is 0 Å². The first-order valence-corrected chi connectivity index (χ1v) is 6.90. The van der Waals surface area contributed by atoms with Crippen LogP contribution in [0.15, 0.2) is 23.1 Å². The average molecular weight is 271 g/mol. The summed E-state index contributed by atoms with van der Waals surface area (Å²) in [6, 6.07) is 4.21. The lowest BCUT2D eigenvalue weighted by atomic mass is 10.2. The Balaban J connectivity index is 3.42. The van der Waals surface area contributed by atoms with Gasteiger partial charge in [0.25, 0.3) is 5.91 Å². The minimum Gasteiger partial charge on any atom is -0.399 e. The second-order valence-corrected chi connectivity index (χ2v) is 5.64. The Morgan fingerprint density at radius 1 is 1.44 bits per heavy atom. The highest BCUT2D eigenvalue weighted by atomic mass is 32.2. The van der Waals surface area contributed by atoms with E-state index in [1.165, 1.54) is 30.1 Å². The van der Waals surface area contributed by atoms with Gasteiger partial charge in [-0.3, -0.25) is 4.79 Å². The van der Waals surface area contributed by atoms with Gasteiger partial charge in [0.05, 0.1) is 10.5 Å². The summed E-state index contributed by atoms with van der Waals surface area (Å²) in [6.45, 7) is 2.30. The SMILES string of the molecule is CCN(C)C(=O)c1ccc(N)cc1S(=O)(=O)NC. The third kappa shape index (κ3) is 2.80. The lowest BCUT2D eigenvalue weighted by molar-refractivity contribution is 0.0798. The summed E-state index contributed by atoms with van der Waals surface area (Å²) in [4.78, 5) is 13.4. The summed E-state index contributed by atoms with van der Waals surface area (Å²) in [5.74, 6) is -0.355. The van der Waals surface area contributed by atoms with Gasteiger partial charge in [0.1, 0.15) is 0 Å². The van der Waals surface area contributed by atoms with E-state index in [0.717, 1.165) is 0 Å². The van der Waals surface area contributed by atoms with Crippen LogP contribution in [0.4, 0.5) is 5.69 Å². The van der Waals surface area contributed by atoms with E-state index < -0.39 is 10.0 Å². The number of carbonyl (C=O) groups is 1. The smallest absolute Gasteiger partial charge is 0.254 e.